The van der Waals surface area contributed by atoms with Crippen LogP contribution >= 0.6 is 0 Å². The summed E-state index contributed by atoms with van der Waals surface area (Å²) in [5.41, 5.74) is 1.78. The van der Waals surface area contributed by atoms with E-state index in [1.54, 1.807) is 5.48 Å². The Hall–Kier alpha value is -1.36. The van der Waals surface area contributed by atoms with Crippen molar-refractivity contribution in [3.8, 4) is 0 Å². The quantitative estimate of drug-likeness (QED) is 0.461. The van der Waals surface area contributed by atoms with Crippen molar-refractivity contribution in [3.63, 3.8) is 0 Å². The van der Waals surface area contributed by atoms with Gasteiger partial charge in [-0.3, -0.25) is 4.99 Å². The van der Waals surface area contributed by atoms with E-state index in [0.717, 1.165) is 6.20 Å². The lowest BCUT2D eigenvalue weighted by molar-refractivity contribution is -0.129. The molecule has 0 aromatic carbocycles. The summed E-state index contributed by atoms with van der Waals surface area (Å²) in [5, 5.41) is 18.2. The molecule has 5 heteroatoms. The van der Waals surface area contributed by atoms with Crippen LogP contribution in [0.2, 0.25) is 0 Å². The smallest absolute Gasteiger partial charge is 0.349 e. The molecule has 0 atom stereocenters. The van der Waals surface area contributed by atoms with Crippen LogP contribution in [0, 0.1) is 5.21 Å². The Balaban J connectivity index is 4.22. The molecule has 0 aliphatic rings. The summed E-state index contributed by atoms with van der Waals surface area (Å²) < 4.78 is 0. The molecule has 0 amide bonds. The summed E-state index contributed by atoms with van der Waals surface area (Å²) in [6, 6.07) is 0. The highest BCUT2D eigenvalue weighted by Gasteiger charge is 1.97. The highest BCUT2D eigenvalue weighted by molar-refractivity contribution is 6.34. The molecule has 11 heavy (non-hydrogen) atoms. The number of rotatable bonds is 3. The fourth-order valence-corrected chi connectivity index (χ4v) is 0.275. The summed E-state index contributed by atoms with van der Waals surface area (Å²) in [5.74, 6) is -1.10. The number of aliphatic imine (C=N–C) groups is 1. The van der Waals surface area contributed by atoms with Gasteiger partial charge in [0.15, 0.2) is 0 Å². The summed E-state index contributed by atoms with van der Waals surface area (Å²) in [6.45, 7) is 2.84. The van der Waals surface area contributed by atoms with Crippen molar-refractivity contribution in [1.82, 2.24) is 5.48 Å². The lowest BCUT2D eigenvalue weighted by Crippen LogP contribution is -2.07. The van der Waals surface area contributed by atoms with Gasteiger partial charge in [0.25, 0.3) is 0 Å². The minimum absolute atomic E-state index is 0.0559. The van der Waals surface area contributed by atoms with Gasteiger partial charge in [-0.05, 0) is 13.8 Å². The maximum absolute atomic E-state index is 10.1. The summed E-state index contributed by atoms with van der Waals surface area (Å²) in [6.07, 6.45) is 1.16. The first-order valence-corrected chi connectivity index (χ1v) is 2.90. The second-order valence-electron chi connectivity index (χ2n) is 1.93. The van der Waals surface area contributed by atoms with Crippen molar-refractivity contribution >= 4 is 11.7 Å². The predicted octanol–water partition coefficient (Wildman–Crippen LogP) is 0.481. The lowest BCUT2D eigenvalue weighted by atomic mass is 10.4. The van der Waals surface area contributed by atoms with Crippen LogP contribution in [0.25, 0.3) is 0 Å². The number of hydroxylamine groups is 1. The van der Waals surface area contributed by atoms with Gasteiger partial charge < -0.3 is 15.8 Å². The van der Waals surface area contributed by atoms with Gasteiger partial charge in [0, 0.05) is 11.9 Å². The van der Waals surface area contributed by atoms with Gasteiger partial charge in [0.05, 0.1) is 0 Å². The van der Waals surface area contributed by atoms with Gasteiger partial charge in [-0.1, -0.05) is 0 Å². The Morgan fingerprint density at radius 3 is 2.55 bits per heavy atom. The molecule has 0 aliphatic heterocycles. The average Bonchev–Trinajstić information content (AvgIpc) is 1.99. The third-order valence-electron chi connectivity index (χ3n) is 0.922. The van der Waals surface area contributed by atoms with Gasteiger partial charge in [-0.2, -0.15) is 0 Å². The lowest BCUT2D eigenvalue weighted by Gasteiger charge is -2.06. The van der Waals surface area contributed by atoms with Crippen LogP contribution in [-0.4, -0.2) is 16.8 Å². The molecule has 0 spiro atoms. The SMILES string of the molecule is CC(=N/C=C(/C)N[O-])C(=O)O. The van der Waals surface area contributed by atoms with E-state index in [0.29, 0.717) is 0 Å². The van der Waals surface area contributed by atoms with E-state index < -0.39 is 5.97 Å². The van der Waals surface area contributed by atoms with Crippen molar-refractivity contribution < 1.29 is 9.90 Å². The van der Waals surface area contributed by atoms with E-state index >= 15 is 0 Å². The fraction of sp³-hybridized carbons (Fsp3) is 0.333. The molecule has 0 unspecified atom stereocenters. The molecular weight excluding hydrogens is 148 g/mol. The summed E-state index contributed by atoms with van der Waals surface area (Å²) in [7, 11) is 0. The minimum atomic E-state index is -1.10. The van der Waals surface area contributed by atoms with Crippen molar-refractivity contribution in [3.05, 3.63) is 17.1 Å². The number of aliphatic carboxylic acids is 1. The van der Waals surface area contributed by atoms with Crippen LogP contribution in [0.1, 0.15) is 13.8 Å². The number of hydrogen-bond donors (Lipinski definition) is 2. The Morgan fingerprint density at radius 1 is 1.64 bits per heavy atom. The van der Waals surface area contributed by atoms with E-state index in [1.165, 1.54) is 13.8 Å². The molecule has 0 rings (SSSR count). The van der Waals surface area contributed by atoms with Crippen LogP contribution in [0.15, 0.2) is 16.9 Å². The van der Waals surface area contributed by atoms with Crippen LogP contribution < -0.4 is 5.48 Å². The molecule has 0 aliphatic carbocycles. The molecule has 62 valence electrons. The van der Waals surface area contributed by atoms with Crippen molar-refractivity contribution in [1.29, 1.82) is 0 Å². The molecular formula is C6H9N2O3-. The first-order chi connectivity index (χ1) is 5.07. The van der Waals surface area contributed by atoms with E-state index in [4.69, 9.17) is 5.11 Å². The fourth-order valence-electron chi connectivity index (χ4n) is 0.275. The Morgan fingerprint density at radius 2 is 2.18 bits per heavy atom. The number of carbonyl (C=O) groups is 1. The number of carboxylic acids is 1. The van der Waals surface area contributed by atoms with E-state index in [2.05, 4.69) is 4.99 Å². The molecule has 0 saturated carbocycles. The molecule has 0 aromatic heterocycles. The van der Waals surface area contributed by atoms with Crippen LogP contribution in [-0.2, 0) is 4.79 Å². The monoisotopic (exact) mass is 157 g/mol. The molecule has 0 bridgehead atoms. The molecule has 0 heterocycles. The summed E-state index contributed by atoms with van der Waals surface area (Å²) >= 11 is 0. The molecule has 0 saturated heterocycles. The first-order valence-electron chi connectivity index (χ1n) is 2.90. The van der Waals surface area contributed by atoms with Crippen LogP contribution in [0.3, 0.4) is 0 Å². The highest BCUT2D eigenvalue weighted by Crippen LogP contribution is 1.87. The third kappa shape index (κ3) is 4.10. The zero-order valence-corrected chi connectivity index (χ0v) is 6.29. The van der Waals surface area contributed by atoms with Crippen LogP contribution in [0.4, 0.5) is 0 Å². The number of carboxylic acid groups (broad SMARTS) is 1. The number of nitrogens with zero attached hydrogens (tertiary/aromatic N) is 1. The van der Waals surface area contributed by atoms with Gasteiger partial charge in [-0.15, -0.1) is 0 Å². The summed E-state index contributed by atoms with van der Waals surface area (Å²) in [4.78, 5) is 13.6. The zero-order valence-electron chi connectivity index (χ0n) is 6.29. The number of nitrogens with one attached hydrogen (secondary N) is 1. The van der Waals surface area contributed by atoms with Gasteiger partial charge in [0.2, 0.25) is 0 Å². The Labute approximate surface area is 64.0 Å². The van der Waals surface area contributed by atoms with E-state index in [-0.39, 0.29) is 11.4 Å². The van der Waals surface area contributed by atoms with Crippen molar-refractivity contribution in [2.24, 2.45) is 4.99 Å². The highest BCUT2D eigenvalue weighted by atomic mass is 16.5. The largest absolute Gasteiger partial charge is 0.761 e. The Kier molecular flexibility index (Phi) is 3.90. The average molecular weight is 157 g/mol. The molecule has 0 fully saturated rings. The number of hydrogen-bond acceptors (Lipinski definition) is 4. The van der Waals surface area contributed by atoms with E-state index in [9.17, 15) is 10.0 Å². The normalized spacial score (nSPS) is 13.0. The molecule has 2 N–H and O–H groups in total. The van der Waals surface area contributed by atoms with Gasteiger partial charge >= 0.3 is 5.97 Å². The van der Waals surface area contributed by atoms with Gasteiger partial charge in [-0.25, -0.2) is 4.79 Å². The predicted molar refractivity (Wildman–Crippen MR) is 41.0 cm³/mol. The third-order valence-corrected chi connectivity index (χ3v) is 0.922. The first kappa shape index (κ1) is 9.64. The topological polar surface area (TPSA) is 84.8 Å². The molecule has 5 nitrogen and oxygen atoms in total. The number of allylic oxidation sites excluding steroid dienone is 1. The second-order valence-corrected chi connectivity index (χ2v) is 1.93. The molecule has 0 aromatic rings. The standard InChI is InChI=1S/C6H9N2O3/c1-4(8-11)3-7-5(2)6(9)10/h3,8H,1-2H3,(H,9,10)/q-1/b4-3-,7-5?. The van der Waals surface area contributed by atoms with E-state index in [1.807, 2.05) is 0 Å². The maximum Gasteiger partial charge on any atom is 0.349 e. The zero-order chi connectivity index (χ0) is 8.85. The minimum Gasteiger partial charge on any atom is -0.761 e. The second kappa shape index (κ2) is 4.45. The Bertz CT molecular complexity index is 208. The molecule has 0 radical (unpaired) electrons. The van der Waals surface area contributed by atoms with Crippen LogP contribution in [0.5, 0.6) is 0 Å². The van der Waals surface area contributed by atoms with Crippen molar-refractivity contribution in [2.45, 2.75) is 13.8 Å². The maximum atomic E-state index is 10.1. The van der Waals surface area contributed by atoms with Gasteiger partial charge in [0.1, 0.15) is 5.71 Å². The van der Waals surface area contributed by atoms with Crippen molar-refractivity contribution in [2.75, 3.05) is 0 Å².